The summed E-state index contributed by atoms with van der Waals surface area (Å²) < 4.78 is 40.7. The van der Waals surface area contributed by atoms with Crippen LogP contribution < -0.4 is 5.73 Å². The summed E-state index contributed by atoms with van der Waals surface area (Å²) >= 11 is 0. The van der Waals surface area contributed by atoms with E-state index in [4.69, 9.17) is 5.73 Å². The molecule has 6 heteroatoms. The van der Waals surface area contributed by atoms with Gasteiger partial charge in [-0.05, 0) is 44.0 Å². The number of benzene rings is 1. The van der Waals surface area contributed by atoms with Crippen molar-refractivity contribution >= 4 is 5.69 Å². The Morgan fingerprint density at radius 1 is 1.20 bits per heavy atom. The minimum Gasteiger partial charge on any atom is -0.399 e. The van der Waals surface area contributed by atoms with E-state index >= 15 is 0 Å². The maximum Gasteiger partial charge on any atom is 0.416 e. The van der Waals surface area contributed by atoms with Crippen molar-refractivity contribution in [2.75, 3.05) is 5.73 Å². The van der Waals surface area contributed by atoms with Crippen LogP contribution in [0.3, 0.4) is 0 Å². The number of aromatic nitrogens is 2. The second-order valence-corrected chi connectivity index (χ2v) is 4.87. The molecule has 2 aromatic rings. The Morgan fingerprint density at radius 3 is 2.35 bits per heavy atom. The van der Waals surface area contributed by atoms with Crippen molar-refractivity contribution < 1.29 is 13.2 Å². The van der Waals surface area contributed by atoms with Crippen molar-refractivity contribution in [2.24, 2.45) is 0 Å². The van der Waals surface area contributed by atoms with E-state index in [1.165, 1.54) is 12.1 Å². The molecular formula is C14H16F3N3. The van der Waals surface area contributed by atoms with Crippen molar-refractivity contribution in [3.63, 3.8) is 0 Å². The van der Waals surface area contributed by atoms with Crippen LogP contribution in [-0.4, -0.2) is 9.78 Å². The van der Waals surface area contributed by atoms with Crippen LogP contribution in [0.2, 0.25) is 0 Å². The lowest BCUT2D eigenvalue weighted by molar-refractivity contribution is -0.138. The quantitative estimate of drug-likeness (QED) is 0.858. The van der Waals surface area contributed by atoms with Gasteiger partial charge in [0.2, 0.25) is 0 Å². The fourth-order valence-corrected chi connectivity index (χ4v) is 2.10. The molecule has 0 saturated carbocycles. The number of alkyl halides is 3. The summed E-state index contributed by atoms with van der Waals surface area (Å²) in [5.74, 6) is 0. The Kier molecular flexibility index (Phi) is 3.50. The summed E-state index contributed by atoms with van der Waals surface area (Å²) in [6, 6.07) is 3.85. The fraction of sp³-hybridized carbons (Fsp3) is 0.357. The molecule has 2 N–H and O–H groups in total. The molecular weight excluding hydrogens is 267 g/mol. The van der Waals surface area contributed by atoms with Gasteiger partial charge in [-0.15, -0.1) is 0 Å². The first-order valence-electron chi connectivity index (χ1n) is 6.16. The van der Waals surface area contributed by atoms with Crippen LogP contribution in [-0.2, 0) is 12.7 Å². The lowest BCUT2D eigenvalue weighted by Gasteiger charge is -2.14. The van der Waals surface area contributed by atoms with Crippen LogP contribution in [0, 0.1) is 20.8 Å². The van der Waals surface area contributed by atoms with Gasteiger partial charge in [-0.1, -0.05) is 6.07 Å². The van der Waals surface area contributed by atoms with Crippen molar-refractivity contribution in [3.8, 4) is 0 Å². The van der Waals surface area contributed by atoms with Crippen LogP contribution in [0.25, 0.3) is 0 Å². The van der Waals surface area contributed by atoms with E-state index < -0.39 is 11.7 Å². The van der Waals surface area contributed by atoms with E-state index in [-0.39, 0.29) is 17.8 Å². The maximum atomic E-state index is 13.0. The summed E-state index contributed by atoms with van der Waals surface area (Å²) in [6.07, 6.45) is -4.42. The van der Waals surface area contributed by atoms with Gasteiger partial charge < -0.3 is 5.73 Å². The van der Waals surface area contributed by atoms with Crippen LogP contribution in [0.15, 0.2) is 18.2 Å². The third-order valence-electron chi connectivity index (χ3n) is 3.50. The zero-order valence-corrected chi connectivity index (χ0v) is 11.5. The minimum absolute atomic E-state index is 0.0790. The molecule has 0 saturated heterocycles. The van der Waals surface area contributed by atoms with Gasteiger partial charge in [0.25, 0.3) is 0 Å². The summed E-state index contributed by atoms with van der Waals surface area (Å²) in [4.78, 5) is 0. The average molecular weight is 283 g/mol. The van der Waals surface area contributed by atoms with Gasteiger partial charge in [-0.25, -0.2) is 0 Å². The predicted molar refractivity (Wildman–Crippen MR) is 71.4 cm³/mol. The predicted octanol–water partition coefficient (Wildman–Crippen LogP) is 3.46. The van der Waals surface area contributed by atoms with Gasteiger partial charge in [0.1, 0.15) is 0 Å². The molecule has 0 fully saturated rings. The molecule has 0 bridgehead atoms. The summed E-state index contributed by atoms with van der Waals surface area (Å²) in [7, 11) is 0. The lowest BCUT2D eigenvalue weighted by atomic mass is 10.1. The zero-order valence-electron chi connectivity index (χ0n) is 11.5. The first kappa shape index (κ1) is 14.4. The molecule has 3 nitrogen and oxygen atoms in total. The van der Waals surface area contributed by atoms with E-state index in [2.05, 4.69) is 5.10 Å². The molecule has 0 aliphatic carbocycles. The number of nitrogens with two attached hydrogens (primary N) is 1. The van der Waals surface area contributed by atoms with Crippen molar-refractivity contribution in [1.29, 1.82) is 0 Å². The molecule has 2 rings (SSSR count). The Bertz CT molecular complexity index is 642. The van der Waals surface area contributed by atoms with Gasteiger partial charge >= 0.3 is 6.18 Å². The third-order valence-corrected chi connectivity index (χ3v) is 3.50. The van der Waals surface area contributed by atoms with Crippen molar-refractivity contribution in [2.45, 2.75) is 33.5 Å². The van der Waals surface area contributed by atoms with Crippen LogP contribution in [0.4, 0.5) is 18.9 Å². The molecule has 0 spiro atoms. The van der Waals surface area contributed by atoms with Crippen LogP contribution >= 0.6 is 0 Å². The van der Waals surface area contributed by atoms with Gasteiger partial charge in [0.05, 0.1) is 17.8 Å². The number of aryl methyl sites for hydroxylation is 1. The normalized spacial score (nSPS) is 11.9. The number of nitrogen functional groups attached to an aromatic ring is 1. The number of anilines is 1. The highest BCUT2D eigenvalue weighted by atomic mass is 19.4. The highest BCUT2D eigenvalue weighted by molar-refractivity contribution is 5.46. The fourth-order valence-electron chi connectivity index (χ4n) is 2.10. The summed E-state index contributed by atoms with van der Waals surface area (Å²) in [6.45, 7) is 5.67. The molecule has 1 aromatic heterocycles. The number of hydrogen-bond donors (Lipinski definition) is 1. The molecule has 0 amide bonds. The molecule has 20 heavy (non-hydrogen) atoms. The SMILES string of the molecule is Cc1nn(Cc2ccc(N)cc2C(F)(F)F)c(C)c1C. The highest BCUT2D eigenvalue weighted by Gasteiger charge is 2.33. The molecule has 0 aliphatic heterocycles. The Balaban J connectivity index is 2.46. The van der Waals surface area contributed by atoms with Gasteiger partial charge in [0, 0.05) is 11.4 Å². The number of nitrogens with zero attached hydrogens (tertiary/aromatic N) is 2. The Hall–Kier alpha value is -1.98. The van der Waals surface area contributed by atoms with Crippen molar-refractivity contribution in [1.82, 2.24) is 9.78 Å². The monoisotopic (exact) mass is 283 g/mol. The van der Waals surface area contributed by atoms with E-state index in [9.17, 15) is 13.2 Å². The third kappa shape index (κ3) is 2.64. The second kappa shape index (κ2) is 4.85. The van der Waals surface area contributed by atoms with Crippen LogP contribution in [0.5, 0.6) is 0 Å². The molecule has 1 aromatic carbocycles. The topological polar surface area (TPSA) is 43.8 Å². The number of halogens is 3. The molecule has 0 unspecified atom stereocenters. The molecule has 0 radical (unpaired) electrons. The van der Waals surface area contributed by atoms with Gasteiger partial charge in [0.15, 0.2) is 0 Å². The second-order valence-electron chi connectivity index (χ2n) is 4.87. The number of rotatable bonds is 2. The Labute approximate surface area is 115 Å². The molecule has 0 atom stereocenters. The largest absolute Gasteiger partial charge is 0.416 e. The first-order valence-corrected chi connectivity index (χ1v) is 6.16. The highest BCUT2D eigenvalue weighted by Crippen LogP contribution is 2.33. The van der Waals surface area contributed by atoms with Crippen LogP contribution in [0.1, 0.15) is 28.1 Å². The first-order chi connectivity index (χ1) is 9.20. The lowest BCUT2D eigenvalue weighted by Crippen LogP contribution is -2.13. The summed E-state index contributed by atoms with van der Waals surface area (Å²) in [5, 5.41) is 4.27. The van der Waals surface area contributed by atoms with E-state index in [1.54, 1.807) is 4.68 Å². The average Bonchev–Trinajstić information content (AvgIpc) is 2.58. The van der Waals surface area contributed by atoms with E-state index in [0.717, 1.165) is 23.0 Å². The summed E-state index contributed by atoms with van der Waals surface area (Å²) in [5.41, 5.74) is 7.70. The van der Waals surface area contributed by atoms with Crippen molar-refractivity contribution in [3.05, 3.63) is 46.3 Å². The number of hydrogen-bond acceptors (Lipinski definition) is 2. The molecule has 1 heterocycles. The molecule has 108 valence electrons. The van der Waals surface area contributed by atoms with Gasteiger partial charge in [-0.2, -0.15) is 18.3 Å². The maximum absolute atomic E-state index is 13.0. The van der Waals surface area contributed by atoms with E-state index in [0.29, 0.717) is 0 Å². The minimum atomic E-state index is -4.42. The zero-order chi connectivity index (χ0) is 15.1. The Morgan fingerprint density at radius 2 is 1.85 bits per heavy atom. The standard InChI is InChI=1S/C14H16F3N3/c1-8-9(2)19-20(10(8)3)7-11-4-5-12(18)6-13(11)14(15,16)17/h4-6H,7,18H2,1-3H3. The van der Waals surface area contributed by atoms with E-state index in [1.807, 2.05) is 20.8 Å². The molecule has 0 aliphatic rings. The smallest absolute Gasteiger partial charge is 0.399 e. The van der Waals surface area contributed by atoms with Gasteiger partial charge in [-0.3, -0.25) is 4.68 Å².